The second-order valence-corrected chi connectivity index (χ2v) is 6.96. The minimum absolute atomic E-state index is 0.192. The molecule has 1 aromatic heterocycles. The molecule has 1 aromatic carbocycles. The van der Waals surface area contributed by atoms with Gasteiger partial charge in [0.15, 0.2) is 11.6 Å². The van der Waals surface area contributed by atoms with Gasteiger partial charge in [0, 0.05) is 24.3 Å². The first kappa shape index (κ1) is 20.0. The van der Waals surface area contributed by atoms with E-state index in [2.05, 4.69) is 22.2 Å². The standard InChI is InChI=1S/C19H20F4N4O/c1-12-4-2-3-7-27(11-12)18(28)26-14-5-6-16(19(21,22)23)15(8-14)17-24-9-13(20)10-25-17/h5-6,8-10,12H,2-4,7,11H2,1H3,(H,26,28)/t12-/m1/s1. The Kier molecular flexibility index (Phi) is 5.81. The van der Waals surface area contributed by atoms with Gasteiger partial charge in [-0.25, -0.2) is 19.2 Å². The Morgan fingerprint density at radius 3 is 2.61 bits per heavy atom. The lowest BCUT2D eigenvalue weighted by Gasteiger charge is -2.23. The highest BCUT2D eigenvalue weighted by Gasteiger charge is 2.34. The van der Waals surface area contributed by atoms with E-state index in [1.54, 1.807) is 4.90 Å². The van der Waals surface area contributed by atoms with Crippen molar-refractivity contribution in [3.63, 3.8) is 0 Å². The molecule has 0 spiro atoms. The molecule has 1 fully saturated rings. The van der Waals surface area contributed by atoms with Gasteiger partial charge in [-0.1, -0.05) is 13.3 Å². The van der Waals surface area contributed by atoms with Gasteiger partial charge in [-0.15, -0.1) is 0 Å². The lowest BCUT2D eigenvalue weighted by molar-refractivity contribution is -0.137. The molecular formula is C19H20F4N4O. The summed E-state index contributed by atoms with van der Waals surface area (Å²) in [7, 11) is 0. The molecule has 1 atom stereocenters. The summed E-state index contributed by atoms with van der Waals surface area (Å²) in [6.07, 6.45) is -0.0819. The zero-order valence-corrected chi connectivity index (χ0v) is 15.3. The lowest BCUT2D eigenvalue weighted by atomic mass is 10.0. The highest BCUT2D eigenvalue weighted by atomic mass is 19.4. The quantitative estimate of drug-likeness (QED) is 0.731. The Morgan fingerprint density at radius 1 is 1.21 bits per heavy atom. The van der Waals surface area contributed by atoms with Gasteiger partial charge in [0.25, 0.3) is 0 Å². The first-order valence-electron chi connectivity index (χ1n) is 8.99. The molecule has 0 saturated carbocycles. The van der Waals surface area contributed by atoms with Crippen LogP contribution in [0.4, 0.5) is 28.0 Å². The number of carbonyl (C=O) groups excluding carboxylic acids is 1. The third-order valence-electron chi connectivity index (χ3n) is 4.63. The zero-order valence-electron chi connectivity index (χ0n) is 15.3. The summed E-state index contributed by atoms with van der Waals surface area (Å²) in [6, 6.07) is 2.85. The number of hydrogen-bond acceptors (Lipinski definition) is 3. The first-order valence-corrected chi connectivity index (χ1v) is 8.99. The molecule has 1 aliphatic rings. The Hall–Kier alpha value is -2.71. The maximum absolute atomic E-state index is 13.4. The molecule has 2 heterocycles. The van der Waals surface area contributed by atoms with Crippen LogP contribution in [0.3, 0.4) is 0 Å². The number of hydrogen-bond donors (Lipinski definition) is 1. The van der Waals surface area contributed by atoms with Gasteiger partial charge in [0.05, 0.1) is 18.0 Å². The third kappa shape index (κ3) is 4.76. The van der Waals surface area contributed by atoms with Crippen LogP contribution in [0.2, 0.25) is 0 Å². The van der Waals surface area contributed by atoms with Gasteiger partial charge < -0.3 is 10.2 Å². The largest absolute Gasteiger partial charge is 0.417 e. The summed E-state index contributed by atoms with van der Waals surface area (Å²) in [5.41, 5.74) is -1.09. The average molecular weight is 396 g/mol. The van der Waals surface area contributed by atoms with Crippen molar-refractivity contribution in [1.82, 2.24) is 14.9 Å². The molecular weight excluding hydrogens is 376 g/mol. The van der Waals surface area contributed by atoms with Crippen molar-refractivity contribution < 1.29 is 22.4 Å². The predicted molar refractivity (Wildman–Crippen MR) is 96.0 cm³/mol. The third-order valence-corrected chi connectivity index (χ3v) is 4.63. The fourth-order valence-electron chi connectivity index (χ4n) is 3.25. The van der Waals surface area contributed by atoms with E-state index < -0.39 is 17.6 Å². The fourth-order valence-corrected chi connectivity index (χ4v) is 3.25. The number of benzene rings is 1. The summed E-state index contributed by atoms with van der Waals surface area (Å²) in [5, 5.41) is 2.65. The summed E-state index contributed by atoms with van der Waals surface area (Å²) in [4.78, 5) is 21.5. The van der Waals surface area contributed by atoms with Crippen molar-refractivity contribution in [2.75, 3.05) is 18.4 Å². The van der Waals surface area contributed by atoms with Crippen molar-refractivity contribution in [2.45, 2.75) is 32.4 Å². The van der Waals surface area contributed by atoms with Gasteiger partial charge in [0.1, 0.15) is 0 Å². The summed E-state index contributed by atoms with van der Waals surface area (Å²) < 4.78 is 53.1. The number of likely N-dealkylation sites (tertiary alicyclic amines) is 1. The summed E-state index contributed by atoms with van der Waals surface area (Å²) in [5.74, 6) is -0.658. The number of rotatable bonds is 2. The molecule has 0 bridgehead atoms. The number of nitrogens with zero attached hydrogens (tertiary/aromatic N) is 3. The van der Waals surface area contributed by atoms with E-state index in [9.17, 15) is 22.4 Å². The van der Waals surface area contributed by atoms with E-state index in [1.807, 2.05) is 0 Å². The van der Waals surface area contributed by atoms with Crippen LogP contribution in [0.25, 0.3) is 11.4 Å². The number of anilines is 1. The van der Waals surface area contributed by atoms with Crippen LogP contribution in [0.5, 0.6) is 0 Å². The molecule has 5 nitrogen and oxygen atoms in total. The van der Waals surface area contributed by atoms with Crippen molar-refractivity contribution >= 4 is 11.7 Å². The average Bonchev–Trinajstić information content (AvgIpc) is 2.86. The summed E-state index contributed by atoms with van der Waals surface area (Å²) >= 11 is 0. The summed E-state index contributed by atoms with van der Waals surface area (Å²) in [6.45, 7) is 3.26. The van der Waals surface area contributed by atoms with E-state index in [1.165, 1.54) is 6.07 Å². The lowest BCUT2D eigenvalue weighted by Crippen LogP contribution is -2.37. The fraction of sp³-hybridized carbons (Fsp3) is 0.421. The second kappa shape index (κ2) is 8.12. The van der Waals surface area contributed by atoms with Gasteiger partial charge in [-0.05, 0) is 37.0 Å². The Balaban J connectivity index is 1.89. The van der Waals surface area contributed by atoms with Crippen LogP contribution in [0.15, 0.2) is 30.6 Å². The van der Waals surface area contributed by atoms with Crippen LogP contribution in [0.1, 0.15) is 31.7 Å². The SMILES string of the molecule is C[C@@H]1CCCCN(C(=O)Nc2ccc(C(F)(F)F)c(-c3ncc(F)cn3)c2)C1. The molecule has 1 N–H and O–H groups in total. The Bertz CT molecular complexity index is 839. The van der Waals surface area contributed by atoms with Gasteiger partial charge in [-0.3, -0.25) is 0 Å². The number of halogens is 4. The van der Waals surface area contributed by atoms with E-state index in [-0.39, 0.29) is 23.1 Å². The van der Waals surface area contributed by atoms with Crippen molar-refractivity contribution in [3.8, 4) is 11.4 Å². The molecule has 0 unspecified atom stereocenters. The molecule has 9 heteroatoms. The van der Waals surface area contributed by atoms with E-state index in [0.717, 1.165) is 43.8 Å². The number of urea groups is 1. The van der Waals surface area contributed by atoms with E-state index in [0.29, 0.717) is 19.0 Å². The predicted octanol–water partition coefficient (Wildman–Crippen LogP) is 4.96. The highest BCUT2D eigenvalue weighted by molar-refractivity contribution is 5.90. The smallest absolute Gasteiger partial charge is 0.324 e. The van der Waals surface area contributed by atoms with Gasteiger partial charge in [0.2, 0.25) is 0 Å². The molecule has 3 rings (SSSR count). The van der Waals surface area contributed by atoms with E-state index in [4.69, 9.17) is 0 Å². The molecule has 0 radical (unpaired) electrons. The second-order valence-electron chi connectivity index (χ2n) is 6.96. The van der Waals surface area contributed by atoms with Crippen LogP contribution >= 0.6 is 0 Å². The number of nitrogens with one attached hydrogen (secondary N) is 1. The van der Waals surface area contributed by atoms with Crippen molar-refractivity contribution in [1.29, 1.82) is 0 Å². The molecule has 2 aromatic rings. The maximum Gasteiger partial charge on any atom is 0.417 e. The van der Waals surface area contributed by atoms with Crippen LogP contribution in [-0.2, 0) is 6.18 Å². The number of aromatic nitrogens is 2. The Labute approximate surface area is 159 Å². The van der Waals surface area contributed by atoms with Crippen LogP contribution in [0, 0.1) is 11.7 Å². The normalized spacial score (nSPS) is 17.9. The minimum Gasteiger partial charge on any atom is -0.324 e. The van der Waals surface area contributed by atoms with E-state index >= 15 is 0 Å². The molecule has 1 aliphatic heterocycles. The molecule has 1 saturated heterocycles. The van der Waals surface area contributed by atoms with Crippen LogP contribution < -0.4 is 5.32 Å². The highest BCUT2D eigenvalue weighted by Crippen LogP contribution is 2.37. The van der Waals surface area contributed by atoms with Crippen molar-refractivity contribution in [2.24, 2.45) is 5.92 Å². The Morgan fingerprint density at radius 2 is 1.93 bits per heavy atom. The van der Waals surface area contributed by atoms with Gasteiger partial charge >= 0.3 is 12.2 Å². The maximum atomic E-state index is 13.4. The molecule has 28 heavy (non-hydrogen) atoms. The number of alkyl halides is 3. The minimum atomic E-state index is -4.64. The molecule has 0 aliphatic carbocycles. The number of carbonyl (C=O) groups is 1. The molecule has 150 valence electrons. The first-order chi connectivity index (χ1) is 13.2. The topological polar surface area (TPSA) is 58.1 Å². The van der Waals surface area contributed by atoms with Crippen molar-refractivity contribution in [3.05, 3.63) is 42.0 Å². The van der Waals surface area contributed by atoms with Crippen LogP contribution in [-0.4, -0.2) is 34.0 Å². The number of amides is 2. The zero-order chi connectivity index (χ0) is 20.3. The molecule has 2 amide bonds. The van der Waals surface area contributed by atoms with Gasteiger partial charge in [-0.2, -0.15) is 13.2 Å². The monoisotopic (exact) mass is 396 g/mol.